The minimum absolute atomic E-state index is 0.0112. The topological polar surface area (TPSA) is 84.0 Å². The van der Waals surface area contributed by atoms with Crippen molar-refractivity contribution < 1.29 is 12.8 Å². The summed E-state index contributed by atoms with van der Waals surface area (Å²) in [5.74, 6) is -0.304. The van der Waals surface area contributed by atoms with Crippen molar-refractivity contribution in [3.05, 3.63) is 83.6 Å². The van der Waals surface area contributed by atoms with Crippen molar-refractivity contribution in [2.45, 2.75) is 4.90 Å². The van der Waals surface area contributed by atoms with Crippen molar-refractivity contribution in [3.8, 4) is 0 Å². The third kappa shape index (κ3) is 4.28. The second-order valence-electron chi connectivity index (χ2n) is 6.10. The Balaban J connectivity index is 1.78. The summed E-state index contributed by atoms with van der Waals surface area (Å²) in [7, 11) is -3.95. The predicted octanol–water partition coefficient (Wildman–Crippen LogP) is 4.97. The van der Waals surface area contributed by atoms with Gasteiger partial charge in [-0.3, -0.25) is 4.72 Å². The molecular weight excluding hydrogens is 415 g/mol. The molecule has 1 aromatic heterocycles. The van der Waals surface area contributed by atoms with Crippen LogP contribution in [0.5, 0.6) is 0 Å². The Morgan fingerprint density at radius 3 is 2.14 bits per heavy atom. The average molecular weight is 429 g/mol. The quantitative estimate of drug-likeness (QED) is 0.469. The first-order chi connectivity index (χ1) is 13.9. The molecule has 0 radical (unpaired) electrons. The molecule has 3 aromatic carbocycles. The monoisotopic (exact) mass is 428 g/mol. The van der Waals surface area contributed by atoms with E-state index in [-0.39, 0.29) is 16.5 Å². The fraction of sp³-hybridized carbons (Fsp3) is 0. The lowest BCUT2D eigenvalue weighted by atomic mass is 10.3. The van der Waals surface area contributed by atoms with E-state index in [1.807, 2.05) is 0 Å². The van der Waals surface area contributed by atoms with E-state index in [1.54, 1.807) is 30.3 Å². The summed E-state index contributed by atoms with van der Waals surface area (Å²) in [6, 6.07) is 18.5. The maximum Gasteiger partial charge on any atom is 0.263 e. The van der Waals surface area contributed by atoms with Crippen LogP contribution in [0.1, 0.15) is 0 Å². The lowest BCUT2D eigenvalue weighted by Gasteiger charge is -2.14. The van der Waals surface area contributed by atoms with Gasteiger partial charge < -0.3 is 5.32 Å². The molecule has 4 aromatic rings. The van der Waals surface area contributed by atoms with Crippen molar-refractivity contribution in [3.63, 3.8) is 0 Å². The SMILES string of the molecule is O=S(=O)(Nc1nc2ccccc2nc1Nc1cccc(F)c1)c1ccc(Cl)cc1. The molecule has 2 N–H and O–H groups in total. The number of nitrogens with one attached hydrogen (secondary N) is 2. The molecule has 0 saturated carbocycles. The molecule has 0 aliphatic carbocycles. The highest BCUT2D eigenvalue weighted by molar-refractivity contribution is 7.92. The number of hydrogen-bond acceptors (Lipinski definition) is 5. The average Bonchev–Trinajstić information content (AvgIpc) is 2.68. The first kappa shape index (κ1) is 19.1. The van der Waals surface area contributed by atoms with Gasteiger partial charge in [-0.15, -0.1) is 0 Å². The molecule has 1 heterocycles. The number of aromatic nitrogens is 2. The van der Waals surface area contributed by atoms with Gasteiger partial charge >= 0.3 is 0 Å². The number of para-hydroxylation sites is 2. The van der Waals surface area contributed by atoms with Gasteiger partial charge in [0.15, 0.2) is 11.6 Å². The Bertz CT molecular complexity index is 1300. The molecule has 0 fully saturated rings. The minimum atomic E-state index is -3.95. The van der Waals surface area contributed by atoms with E-state index in [0.29, 0.717) is 21.7 Å². The number of anilines is 3. The summed E-state index contributed by atoms with van der Waals surface area (Å²) in [5.41, 5.74) is 1.47. The predicted molar refractivity (Wildman–Crippen MR) is 111 cm³/mol. The molecule has 0 saturated heterocycles. The van der Waals surface area contributed by atoms with Gasteiger partial charge in [-0.25, -0.2) is 22.8 Å². The van der Waals surface area contributed by atoms with E-state index in [4.69, 9.17) is 11.6 Å². The van der Waals surface area contributed by atoms with Crippen LogP contribution >= 0.6 is 11.6 Å². The van der Waals surface area contributed by atoms with E-state index in [1.165, 1.54) is 42.5 Å². The molecular formula is C20H14ClFN4O2S. The molecule has 0 atom stereocenters. The molecule has 146 valence electrons. The van der Waals surface area contributed by atoms with Crippen molar-refractivity contribution in [2.75, 3.05) is 10.0 Å². The lowest BCUT2D eigenvalue weighted by Crippen LogP contribution is -2.16. The molecule has 29 heavy (non-hydrogen) atoms. The van der Waals surface area contributed by atoms with Gasteiger partial charge in [-0.2, -0.15) is 0 Å². The maximum absolute atomic E-state index is 13.6. The molecule has 6 nitrogen and oxygen atoms in total. The smallest absolute Gasteiger partial charge is 0.263 e. The van der Waals surface area contributed by atoms with Gasteiger partial charge in [-0.1, -0.05) is 29.8 Å². The molecule has 0 spiro atoms. The van der Waals surface area contributed by atoms with Crippen LogP contribution in [0.15, 0.2) is 77.7 Å². The fourth-order valence-corrected chi connectivity index (χ4v) is 3.80. The van der Waals surface area contributed by atoms with Crippen LogP contribution in [0.3, 0.4) is 0 Å². The van der Waals surface area contributed by atoms with Crippen LogP contribution in [-0.2, 0) is 10.0 Å². The Kier molecular flexibility index (Phi) is 5.04. The normalized spacial score (nSPS) is 11.4. The standard InChI is InChI=1S/C20H14ClFN4O2S/c21-13-8-10-16(11-9-13)29(27,28)26-20-19(23-15-5-3-4-14(22)12-15)24-17-6-1-2-7-18(17)25-20/h1-12H,(H,23,24)(H,25,26). The summed E-state index contributed by atoms with van der Waals surface area (Å²) in [5, 5.41) is 3.35. The molecule has 9 heteroatoms. The zero-order valence-corrected chi connectivity index (χ0v) is 16.4. The minimum Gasteiger partial charge on any atom is -0.337 e. The van der Waals surface area contributed by atoms with Crippen LogP contribution in [0.25, 0.3) is 11.0 Å². The van der Waals surface area contributed by atoms with E-state index in [0.717, 1.165) is 0 Å². The van der Waals surface area contributed by atoms with Crippen molar-refractivity contribution in [2.24, 2.45) is 0 Å². The van der Waals surface area contributed by atoms with Crippen LogP contribution in [0, 0.1) is 5.82 Å². The summed E-state index contributed by atoms with van der Waals surface area (Å²) in [6.07, 6.45) is 0. The highest BCUT2D eigenvalue weighted by atomic mass is 35.5. The summed E-state index contributed by atoms with van der Waals surface area (Å²) >= 11 is 5.84. The molecule has 0 unspecified atom stereocenters. The Morgan fingerprint density at radius 1 is 0.828 bits per heavy atom. The third-order valence-electron chi connectivity index (χ3n) is 4.01. The van der Waals surface area contributed by atoms with Crippen molar-refractivity contribution >= 4 is 50.0 Å². The maximum atomic E-state index is 13.6. The van der Waals surface area contributed by atoms with Crippen LogP contribution in [0.4, 0.5) is 21.7 Å². The summed E-state index contributed by atoms with van der Waals surface area (Å²) < 4.78 is 41.6. The zero-order chi connectivity index (χ0) is 20.4. The molecule has 0 aliphatic rings. The first-order valence-corrected chi connectivity index (χ1v) is 10.3. The zero-order valence-electron chi connectivity index (χ0n) is 14.8. The highest BCUT2D eigenvalue weighted by Crippen LogP contribution is 2.27. The Morgan fingerprint density at radius 2 is 1.48 bits per heavy atom. The van der Waals surface area contributed by atoms with Gasteiger partial charge in [0.2, 0.25) is 0 Å². The van der Waals surface area contributed by atoms with Gasteiger partial charge in [-0.05, 0) is 54.6 Å². The number of rotatable bonds is 5. The van der Waals surface area contributed by atoms with Gasteiger partial charge in [0.05, 0.1) is 15.9 Å². The number of halogens is 2. The molecule has 0 aliphatic heterocycles. The van der Waals surface area contributed by atoms with E-state index in [9.17, 15) is 12.8 Å². The van der Waals surface area contributed by atoms with E-state index < -0.39 is 15.8 Å². The van der Waals surface area contributed by atoms with Crippen molar-refractivity contribution in [1.29, 1.82) is 0 Å². The second-order valence-corrected chi connectivity index (χ2v) is 8.22. The number of benzene rings is 3. The van der Waals surface area contributed by atoms with E-state index >= 15 is 0 Å². The number of hydrogen-bond donors (Lipinski definition) is 2. The number of fused-ring (bicyclic) bond motifs is 1. The molecule has 4 rings (SSSR count). The van der Waals surface area contributed by atoms with Gasteiger partial charge in [0.25, 0.3) is 10.0 Å². The largest absolute Gasteiger partial charge is 0.337 e. The van der Waals surface area contributed by atoms with Crippen LogP contribution in [0.2, 0.25) is 5.02 Å². The van der Waals surface area contributed by atoms with Crippen LogP contribution < -0.4 is 10.0 Å². The van der Waals surface area contributed by atoms with Gasteiger partial charge in [0, 0.05) is 10.7 Å². The summed E-state index contributed by atoms with van der Waals surface area (Å²) in [6.45, 7) is 0. The number of sulfonamides is 1. The Hall–Kier alpha value is -3.23. The number of nitrogens with zero attached hydrogens (tertiary/aromatic N) is 2. The van der Waals surface area contributed by atoms with E-state index in [2.05, 4.69) is 20.0 Å². The molecule has 0 bridgehead atoms. The third-order valence-corrected chi connectivity index (χ3v) is 5.62. The van der Waals surface area contributed by atoms with Crippen molar-refractivity contribution in [1.82, 2.24) is 9.97 Å². The summed E-state index contributed by atoms with van der Waals surface area (Å²) in [4.78, 5) is 8.86. The Labute approximate surface area is 171 Å². The highest BCUT2D eigenvalue weighted by Gasteiger charge is 2.19. The second kappa shape index (κ2) is 7.65. The fourth-order valence-electron chi connectivity index (χ4n) is 2.66. The molecule has 0 amide bonds. The lowest BCUT2D eigenvalue weighted by molar-refractivity contribution is 0.601. The van der Waals surface area contributed by atoms with Crippen LogP contribution in [-0.4, -0.2) is 18.4 Å². The first-order valence-electron chi connectivity index (χ1n) is 8.48. The van der Waals surface area contributed by atoms with Gasteiger partial charge in [0.1, 0.15) is 5.82 Å².